The van der Waals surface area contributed by atoms with Crippen molar-refractivity contribution in [2.45, 2.75) is 18.9 Å². The normalized spacial score (nSPS) is 20.3. The number of phenols is 1. The Balaban J connectivity index is 0.00000110. The van der Waals surface area contributed by atoms with Crippen molar-refractivity contribution < 1.29 is 5.11 Å². The molecule has 1 aliphatic heterocycles. The van der Waals surface area contributed by atoms with Crippen LogP contribution in [0.3, 0.4) is 0 Å². The Labute approximate surface area is 154 Å². The van der Waals surface area contributed by atoms with E-state index < -0.39 is 0 Å². The number of phenolic OH excluding ortho intramolecular Hbond substituents is 1. The molecule has 120 valence electrons. The third kappa shape index (κ3) is 4.49. The molecule has 1 aromatic carbocycles. The quantitative estimate of drug-likeness (QED) is 0.709. The molecule has 2 fully saturated rings. The second-order valence-corrected chi connectivity index (χ2v) is 7.16. The fourth-order valence-corrected chi connectivity index (χ4v) is 4.39. The van der Waals surface area contributed by atoms with Gasteiger partial charge in [0, 0.05) is 46.7 Å². The van der Waals surface area contributed by atoms with Crippen molar-refractivity contribution in [3.8, 4) is 5.75 Å². The van der Waals surface area contributed by atoms with Crippen LogP contribution in [0.1, 0.15) is 24.4 Å². The van der Waals surface area contributed by atoms with Crippen molar-refractivity contribution in [2.75, 3.05) is 26.2 Å². The van der Waals surface area contributed by atoms with E-state index in [0.717, 1.165) is 40.7 Å². The van der Waals surface area contributed by atoms with Crippen molar-refractivity contribution in [2.24, 2.45) is 5.92 Å². The molecule has 0 spiro atoms. The van der Waals surface area contributed by atoms with Gasteiger partial charge in [-0.25, -0.2) is 0 Å². The molecular weight excluding hydrogens is 443 g/mol. The summed E-state index contributed by atoms with van der Waals surface area (Å²) in [5.41, 5.74) is 1.06. The summed E-state index contributed by atoms with van der Waals surface area (Å²) in [6.07, 6.45) is 2.55. The third-order valence-corrected chi connectivity index (χ3v) is 5.10. The molecule has 0 bridgehead atoms. The van der Waals surface area contributed by atoms with Gasteiger partial charge in [0.05, 0.1) is 0 Å². The van der Waals surface area contributed by atoms with Gasteiger partial charge in [-0.15, -0.1) is 24.8 Å². The van der Waals surface area contributed by atoms with Crippen LogP contribution in [0.15, 0.2) is 21.1 Å². The zero-order chi connectivity index (χ0) is 13.4. The lowest BCUT2D eigenvalue weighted by atomic mass is 9.99. The number of benzene rings is 1. The van der Waals surface area contributed by atoms with E-state index in [-0.39, 0.29) is 24.8 Å². The summed E-state index contributed by atoms with van der Waals surface area (Å²) in [6.45, 7) is 4.20. The Morgan fingerprint density at radius 1 is 1.14 bits per heavy atom. The highest BCUT2D eigenvalue weighted by molar-refractivity contribution is 9.11. The Hall–Kier alpha value is 0.480. The summed E-state index contributed by atoms with van der Waals surface area (Å²) in [7, 11) is 0. The summed E-state index contributed by atoms with van der Waals surface area (Å²) in [5.74, 6) is 1.10. The maximum Gasteiger partial charge on any atom is 0.122 e. The predicted octanol–water partition coefficient (Wildman–Crippen LogP) is 4.12. The first-order valence-corrected chi connectivity index (χ1v) is 8.38. The molecular formula is C14H20Br2Cl2N2O. The first kappa shape index (κ1) is 19.5. The van der Waals surface area contributed by atoms with Gasteiger partial charge in [-0.1, -0.05) is 31.9 Å². The van der Waals surface area contributed by atoms with Crippen LogP contribution < -0.4 is 5.32 Å². The fraction of sp³-hybridized carbons (Fsp3) is 0.571. The predicted molar refractivity (Wildman–Crippen MR) is 97.9 cm³/mol. The molecule has 3 nitrogen and oxygen atoms in total. The molecule has 21 heavy (non-hydrogen) atoms. The third-order valence-electron chi connectivity index (χ3n) is 3.98. The molecule has 0 amide bonds. The molecule has 1 aliphatic carbocycles. The second kappa shape index (κ2) is 8.37. The van der Waals surface area contributed by atoms with E-state index in [1.165, 1.54) is 12.8 Å². The molecule has 0 aromatic heterocycles. The number of hydrogen-bond acceptors (Lipinski definition) is 3. The number of halogens is 4. The summed E-state index contributed by atoms with van der Waals surface area (Å²) in [4.78, 5) is 2.52. The largest absolute Gasteiger partial charge is 0.508 e. The Kier molecular flexibility index (Phi) is 7.78. The highest BCUT2D eigenvalue weighted by Crippen LogP contribution is 2.49. The summed E-state index contributed by atoms with van der Waals surface area (Å²) in [5, 5.41) is 13.7. The number of nitrogens with one attached hydrogen (secondary N) is 1. The molecule has 7 heteroatoms. The van der Waals surface area contributed by atoms with Crippen molar-refractivity contribution >= 4 is 56.7 Å². The fourth-order valence-electron chi connectivity index (χ4n) is 2.95. The molecule has 1 atom stereocenters. The van der Waals surface area contributed by atoms with Crippen molar-refractivity contribution in [1.82, 2.24) is 10.2 Å². The van der Waals surface area contributed by atoms with Gasteiger partial charge >= 0.3 is 0 Å². The minimum absolute atomic E-state index is 0. The average Bonchev–Trinajstić information content (AvgIpc) is 3.18. The van der Waals surface area contributed by atoms with Crippen LogP contribution in [-0.4, -0.2) is 36.2 Å². The molecule has 0 unspecified atom stereocenters. The van der Waals surface area contributed by atoms with Gasteiger partial charge in [-0.2, -0.15) is 0 Å². The molecule has 2 N–H and O–H groups in total. The van der Waals surface area contributed by atoms with Gasteiger partial charge in [-0.05, 0) is 30.9 Å². The first-order valence-electron chi connectivity index (χ1n) is 6.79. The lowest BCUT2D eigenvalue weighted by Crippen LogP contribution is -2.45. The van der Waals surface area contributed by atoms with Gasteiger partial charge in [0.25, 0.3) is 0 Å². The standard InChI is InChI=1S/C14H18Br2N2O.2ClH/c15-10-7-11(16)13(12(19)8-10)14(9-1-2-9)18-5-3-17-4-6-18;;/h7-9,14,17,19H,1-6H2;2*1H/t14-;;/m1../s1. The number of piperazine rings is 1. The maximum absolute atomic E-state index is 10.3. The first-order chi connectivity index (χ1) is 9.16. The zero-order valence-electron chi connectivity index (χ0n) is 11.5. The van der Waals surface area contributed by atoms with Crippen LogP contribution >= 0.6 is 56.7 Å². The minimum atomic E-state index is 0. The van der Waals surface area contributed by atoms with Gasteiger partial charge in [0.2, 0.25) is 0 Å². The molecule has 1 heterocycles. The van der Waals surface area contributed by atoms with Crippen LogP contribution in [-0.2, 0) is 0 Å². The van der Waals surface area contributed by atoms with Crippen molar-refractivity contribution in [3.05, 3.63) is 26.6 Å². The Bertz CT molecular complexity index is 457. The van der Waals surface area contributed by atoms with E-state index in [1.54, 1.807) is 6.07 Å². The average molecular weight is 463 g/mol. The maximum atomic E-state index is 10.3. The van der Waals surface area contributed by atoms with Crippen LogP contribution in [0.4, 0.5) is 0 Å². The van der Waals surface area contributed by atoms with E-state index in [9.17, 15) is 5.11 Å². The monoisotopic (exact) mass is 460 g/mol. The van der Waals surface area contributed by atoms with Crippen LogP contribution in [0.25, 0.3) is 0 Å². The van der Waals surface area contributed by atoms with Gasteiger partial charge in [0.1, 0.15) is 5.75 Å². The smallest absolute Gasteiger partial charge is 0.122 e. The topological polar surface area (TPSA) is 35.5 Å². The number of nitrogens with zero attached hydrogens (tertiary/aromatic N) is 1. The lowest BCUT2D eigenvalue weighted by Gasteiger charge is -2.36. The zero-order valence-corrected chi connectivity index (χ0v) is 16.3. The SMILES string of the molecule is Cl.Cl.Oc1cc(Br)cc(Br)c1[C@@H](C1CC1)N1CCNCC1. The van der Waals surface area contributed by atoms with E-state index >= 15 is 0 Å². The van der Waals surface area contributed by atoms with E-state index in [4.69, 9.17) is 0 Å². The summed E-state index contributed by atoms with van der Waals surface area (Å²) >= 11 is 7.06. The Morgan fingerprint density at radius 3 is 2.29 bits per heavy atom. The highest BCUT2D eigenvalue weighted by atomic mass is 79.9. The van der Waals surface area contributed by atoms with Crippen LogP contribution in [0.2, 0.25) is 0 Å². The van der Waals surface area contributed by atoms with E-state index in [0.29, 0.717) is 17.7 Å². The molecule has 3 rings (SSSR count). The summed E-state index contributed by atoms with van der Waals surface area (Å²) < 4.78 is 1.92. The second-order valence-electron chi connectivity index (χ2n) is 5.39. The van der Waals surface area contributed by atoms with Crippen molar-refractivity contribution in [3.63, 3.8) is 0 Å². The molecule has 1 aromatic rings. The van der Waals surface area contributed by atoms with Crippen LogP contribution in [0.5, 0.6) is 5.75 Å². The van der Waals surface area contributed by atoms with Crippen molar-refractivity contribution in [1.29, 1.82) is 0 Å². The van der Waals surface area contributed by atoms with Gasteiger partial charge in [-0.3, -0.25) is 4.90 Å². The minimum Gasteiger partial charge on any atom is -0.508 e. The van der Waals surface area contributed by atoms with E-state index in [2.05, 4.69) is 42.1 Å². The Morgan fingerprint density at radius 2 is 1.76 bits per heavy atom. The number of hydrogen-bond donors (Lipinski definition) is 2. The number of aromatic hydroxyl groups is 1. The molecule has 1 saturated carbocycles. The van der Waals surface area contributed by atoms with Crippen LogP contribution in [0, 0.1) is 5.92 Å². The number of rotatable bonds is 3. The van der Waals surface area contributed by atoms with E-state index in [1.807, 2.05) is 6.07 Å². The highest BCUT2D eigenvalue weighted by Gasteiger charge is 2.39. The summed E-state index contributed by atoms with van der Waals surface area (Å²) in [6, 6.07) is 4.19. The molecule has 2 aliphatic rings. The van der Waals surface area contributed by atoms with Gasteiger partial charge in [0.15, 0.2) is 0 Å². The molecule has 0 radical (unpaired) electrons. The van der Waals surface area contributed by atoms with Gasteiger partial charge < -0.3 is 10.4 Å². The lowest BCUT2D eigenvalue weighted by molar-refractivity contribution is 0.153. The molecule has 1 saturated heterocycles.